The second-order valence-corrected chi connectivity index (χ2v) is 6.69. The highest BCUT2D eigenvalue weighted by atomic mass is 79.9. The van der Waals surface area contributed by atoms with E-state index in [1.165, 1.54) is 6.07 Å². The average Bonchev–Trinajstić information content (AvgIpc) is 2.31. The zero-order valence-electron chi connectivity index (χ0n) is 12.8. The van der Waals surface area contributed by atoms with E-state index in [1.807, 2.05) is 39.5 Å². The summed E-state index contributed by atoms with van der Waals surface area (Å²) >= 11 is 3.24. The van der Waals surface area contributed by atoms with Crippen LogP contribution in [0.5, 0.6) is 0 Å². The molecule has 0 fully saturated rings. The largest absolute Gasteiger partial charge is 0.338 e. The fraction of sp³-hybridized carbons (Fsp3) is 0.562. The maximum absolute atomic E-state index is 13.8. The first-order valence-corrected chi connectivity index (χ1v) is 7.79. The number of hydrogen-bond acceptors (Lipinski definition) is 1. The molecule has 0 aliphatic carbocycles. The Labute approximate surface area is 129 Å². The average molecular weight is 344 g/mol. The van der Waals surface area contributed by atoms with Gasteiger partial charge < -0.3 is 4.90 Å². The van der Waals surface area contributed by atoms with Gasteiger partial charge in [0, 0.05) is 22.5 Å². The van der Waals surface area contributed by atoms with Crippen LogP contribution in [0.2, 0.25) is 0 Å². The fourth-order valence-electron chi connectivity index (χ4n) is 2.46. The molecule has 0 aliphatic heterocycles. The summed E-state index contributed by atoms with van der Waals surface area (Å²) < 4.78 is 14.5. The van der Waals surface area contributed by atoms with Gasteiger partial charge >= 0.3 is 0 Å². The molecule has 112 valence electrons. The Balaban J connectivity index is 2.84. The number of hydrogen-bond donors (Lipinski definition) is 0. The SMILES string of the molecule is CC(Cc1ccc(Br)cc1F)C(=O)N(C(C)C)C(C)C. The van der Waals surface area contributed by atoms with Crippen LogP contribution in [0.3, 0.4) is 0 Å². The first-order chi connectivity index (χ1) is 9.23. The highest BCUT2D eigenvalue weighted by Crippen LogP contribution is 2.20. The summed E-state index contributed by atoms with van der Waals surface area (Å²) in [7, 11) is 0. The zero-order valence-corrected chi connectivity index (χ0v) is 14.4. The van der Waals surface area contributed by atoms with Crippen molar-refractivity contribution in [3.63, 3.8) is 0 Å². The third-order valence-electron chi connectivity index (χ3n) is 3.33. The number of rotatable bonds is 5. The van der Waals surface area contributed by atoms with Crippen LogP contribution in [0.15, 0.2) is 22.7 Å². The molecule has 1 unspecified atom stereocenters. The van der Waals surface area contributed by atoms with Crippen molar-refractivity contribution in [3.05, 3.63) is 34.1 Å². The summed E-state index contributed by atoms with van der Waals surface area (Å²) in [5.41, 5.74) is 0.585. The molecular formula is C16H23BrFNO. The molecule has 0 heterocycles. The lowest BCUT2D eigenvalue weighted by Crippen LogP contribution is -2.45. The molecule has 1 atom stereocenters. The Bertz CT molecular complexity index is 466. The van der Waals surface area contributed by atoms with Crippen LogP contribution in [0.4, 0.5) is 4.39 Å². The fourth-order valence-corrected chi connectivity index (χ4v) is 2.80. The molecule has 1 amide bonds. The van der Waals surface area contributed by atoms with Crippen LogP contribution in [0, 0.1) is 11.7 Å². The summed E-state index contributed by atoms with van der Waals surface area (Å²) in [4.78, 5) is 14.4. The van der Waals surface area contributed by atoms with Gasteiger partial charge in [-0.3, -0.25) is 4.79 Å². The maximum Gasteiger partial charge on any atom is 0.226 e. The molecule has 1 aromatic carbocycles. The van der Waals surface area contributed by atoms with E-state index in [0.717, 1.165) is 0 Å². The summed E-state index contributed by atoms with van der Waals surface area (Å²) in [5, 5.41) is 0. The lowest BCUT2D eigenvalue weighted by molar-refractivity contribution is -0.138. The van der Waals surface area contributed by atoms with Crippen molar-refractivity contribution in [2.75, 3.05) is 0 Å². The third-order valence-corrected chi connectivity index (χ3v) is 3.82. The second kappa shape index (κ2) is 7.21. The van der Waals surface area contributed by atoms with Crippen molar-refractivity contribution < 1.29 is 9.18 Å². The van der Waals surface area contributed by atoms with Crippen molar-refractivity contribution in [3.8, 4) is 0 Å². The monoisotopic (exact) mass is 343 g/mol. The molecule has 0 bridgehead atoms. The molecular weight excluding hydrogens is 321 g/mol. The van der Waals surface area contributed by atoms with Gasteiger partial charge in [-0.1, -0.05) is 28.9 Å². The van der Waals surface area contributed by atoms with E-state index in [9.17, 15) is 9.18 Å². The van der Waals surface area contributed by atoms with Gasteiger partial charge in [-0.25, -0.2) is 4.39 Å². The van der Waals surface area contributed by atoms with Gasteiger partial charge in [0.1, 0.15) is 5.82 Å². The van der Waals surface area contributed by atoms with Crippen molar-refractivity contribution in [1.82, 2.24) is 4.90 Å². The zero-order chi connectivity index (χ0) is 15.4. The third kappa shape index (κ3) is 4.30. The Morgan fingerprint density at radius 2 is 1.75 bits per heavy atom. The first-order valence-electron chi connectivity index (χ1n) is 7.00. The smallest absolute Gasteiger partial charge is 0.226 e. The summed E-state index contributed by atoms with van der Waals surface area (Å²) in [5.74, 6) is -0.410. The van der Waals surface area contributed by atoms with Crippen LogP contribution in [-0.2, 0) is 11.2 Å². The Kier molecular flexibility index (Phi) is 6.18. The molecule has 0 aromatic heterocycles. The number of benzene rings is 1. The first kappa shape index (κ1) is 17.2. The van der Waals surface area contributed by atoms with Gasteiger partial charge in [-0.2, -0.15) is 0 Å². The Morgan fingerprint density at radius 3 is 2.20 bits per heavy atom. The van der Waals surface area contributed by atoms with Gasteiger partial charge in [-0.05, 0) is 51.8 Å². The number of amides is 1. The molecule has 0 N–H and O–H groups in total. The van der Waals surface area contributed by atoms with Gasteiger partial charge in [0.2, 0.25) is 5.91 Å². The van der Waals surface area contributed by atoms with Crippen LogP contribution in [0.1, 0.15) is 40.2 Å². The minimum absolute atomic E-state index is 0.0809. The predicted octanol–water partition coefficient (Wildman–Crippen LogP) is 4.41. The summed E-state index contributed by atoms with van der Waals surface area (Å²) in [6.07, 6.45) is 0.424. The van der Waals surface area contributed by atoms with Gasteiger partial charge in [0.05, 0.1) is 0 Å². The van der Waals surface area contributed by atoms with Crippen molar-refractivity contribution >= 4 is 21.8 Å². The van der Waals surface area contributed by atoms with Gasteiger partial charge in [-0.15, -0.1) is 0 Å². The van der Waals surface area contributed by atoms with E-state index >= 15 is 0 Å². The van der Waals surface area contributed by atoms with E-state index in [2.05, 4.69) is 15.9 Å². The maximum atomic E-state index is 13.8. The van der Waals surface area contributed by atoms with E-state index in [1.54, 1.807) is 12.1 Å². The molecule has 2 nitrogen and oxygen atoms in total. The van der Waals surface area contributed by atoms with Crippen LogP contribution in [-0.4, -0.2) is 22.9 Å². The topological polar surface area (TPSA) is 20.3 Å². The Morgan fingerprint density at radius 1 is 1.20 bits per heavy atom. The normalized spacial score (nSPS) is 12.8. The second-order valence-electron chi connectivity index (χ2n) is 5.77. The number of nitrogens with zero attached hydrogens (tertiary/aromatic N) is 1. The van der Waals surface area contributed by atoms with E-state index < -0.39 is 0 Å². The molecule has 0 aliphatic rings. The van der Waals surface area contributed by atoms with Crippen molar-refractivity contribution in [2.45, 2.75) is 53.1 Å². The standard InChI is InChI=1S/C16H23BrFNO/c1-10(2)19(11(3)4)16(20)12(5)8-13-6-7-14(17)9-15(13)18/h6-7,9-12H,8H2,1-5H3. The summed E-state index contributed by atoms with van der Waals surface area (Å²) in [6, 6.07) is 5.28. The lowest BCUT2D eigenvalue weighted by Gasteiger charge is -2.33. The van der Waals surface area contributed by atoms with E-state index in [4.69, 9.17) is 0 Å². The van der Waals surface area contributed by atoms with Crippen LogP contribution < -0.4 is 0 Å². The van der Waals surface area contributed by atoms with E-state index in [-0.39, 0.29) is 29.7 Å². The number of carbonyl (C=O) groups is 1. The molecule has 0 radical (unpaired) electrons. The highest BCUT2D eigenvalue weighted by Gasteiger charge is 2.25. The van der Waals surface area contributed by atoms with Crippen molar-refractivity contribution in [1.29, 1.82) is 0 Å². The Hall–Kier alpha value is -0.900. The minimum Gasteiger partial charge on any atom is -0.338 e. The van der Waals surface area contributed by atoms with E-state index in [0.29, 0.717) is 16.5 Å². The minimum atomic E-state index is -0.264. The molecule has 20 heavy (non-hydrogen) atoms. The highest BCUT2D eigenvalue weighted by molar-refractivity contribution is 9.10. The summed E-state index contributed by atoms with van der Waals surface area (Å²) in [6.45, 7) is 9.88. The molecule has 0 spiro atoms. The van der Waals surface area contributed by atoms with Gasteiger partial charge in [0.25, 0.3) is 0 Å². The molecule has 0 saturated heterocycles. The van der Waals surface area contributed by atoms with Gasteiger partial charge in [0.15, 0.2) is 0 Å². The van der Waals surface area contributed by atoms with Crippen LogP contribution in [0.25, 0.3) is 0 Å². The number of carbonyl (C=O) groups excluding carboxylic acids is 1. The number of halogens is 2. The molecule has 1 aromatic rings. The molecule has 1 rings (SSSR count). The lowest BCUT2D eigenvalue weighted by atomic mass is 9.98. The molecule has 0 saturated carbocycles. The molecule has 4 heteroatoms. The van der Waals surface area contributed by atoms with Crippen molar-refractivity contribution in [2.24, 2.45) is 5.92 Å². The quantitative estimate of drug-likeness (QED) is 0.775. The predicted molar refractivity (Wildman–Crippen MR) is 84.1 cm³/mol. The van der Waals surface area contributed by atoms with Crippen LogP contribution >= 0.6 is 15.9 Å².